The van der Waals surface area contributed by atoms with Crippen LogP contribution in [0.3, 0.4) is 0 Å². The van der Waals surface area contributed by atoms with Gasteiger partial charge in [0.2, 0.25) is 10.0 Å². The van der Waals surface area contributed by atoms with Gasteiger partial charge in [-0.25, -0.2) is 17.9 Å². The van der Waals surface area contributed by atoms with Crippen molar-refractivity contribution in [2.75, 3.05) is 39.5 Å². The number of hydrogen-bond acceptors (Lipinski definition) is 3. The molecule has 300 valence electrons. The van der Waals surface area contributed by atoms with Gasteiger partial charge < -0.3 is 9.59 Å². The number of hydrogen-bond donors (Lipinski definition) is 2. The number of quaternary nitrogens is 1. The molecule has 0 amide bonds. The van der Waals surface area contributed by atoms with Crippen LogP contribution in [0.5, 0.6) is 0 Å². The highest BCUT2D eigenvalue weighted by atomic mass is 32.2. The Morgan fingerprint density at radius 2 is 0.860 bits per heavy atom. The third kappa shape index (κ3) is 7.74. The fourth-order valence-electron chi connectivity index (χ4n) is 3.46. The number of carboxylic acids is 1. The van der Waals surface area contributed by atoms with Crippen molar-refractivity contribution in [3.05, 3.63) is 0 Å². The van der Waals surface area contributed by atoms with Crippen molar-refractivity contribution in [1.29, 1.82) is 0 Å². The first-order valence-corrected chi connectivity index (χ1v) is 13.8. The molecule has 0 rings (SSSR count). The van der Waals surface area contributed by atoms with Crippen molar-refractivity contribution >= 4 is 16.0 Å². The summed E-state index contributed by atoms with van der Waals surface area (Å²) in [6.07, 6.45) is -11.9. The molecule has 50 heavy (non-hydrogen) atoms. The summed E-state index contributed by atoms with van der Waals surface area (Å²) in [6.45, 7) is -1.68. The van der Waals surface area contributed by atoms with Crippen LogP contribution in [0.15, 0.2) is 0 Å². The normalized spacial score (nSPS) is 16.2. The minimum absolute atomic E-state index is 0.226. The van der Waals surface area contributed by atoms with Crippen molar-refractivity contribution in [2.24, 2.45) is 0 Å². The van der Waals surface area contributed by atoms with Gasteiger partial charge in [0.15, 0.2) is 6.54 Å². The average molecular weight is 821 g/mol. The average Bonchev–Trinajstić information content (AvgIpc) is 2.87. The van der Waals surface area contributed by atoms with Gasteiger partial charge >= 0.3 is 71.4 Å². The third-order valence-corrected chi connectivity index (χ3v) is 7.87. The summed E-state index contributed by atoms with van der Waals surface area (Å²) in [5.74, 6) is -93.0. The number of halogens is 23. The molecule has 0 aliphatic heterocycles. The van der Waals surface area contributed by atoms with Crippen LogP contribution in [-0.2, 0) is 14.8 Å². The molecule has 0 radical (unpaired) electrons. The van der Waals surface area contributed by atoms with Crippen LogP contribution in [0.1, 0.15) is 12.8 Å². The van der Waals surface area contributed by atoms with E-state index in [4.69, 9.17) is 5.11 Å². The van der Waals surface area contributed by atoms with Gasteiger partial charge in [-0.2, -0.15) is 101 Å². The summed E-state index contributed by atoms with van der Waals surface area (Å²) in [5.41, 5.74) is 0. The van der Waals surface area contributed by atoms with E-state index in [-0.39, 0.29) is 17.4 Å². The minimum atomic E-state index is -9.52. The summed E-state index contributed by atoms with van der Waals surface area (Å²) < 4.78 is 334. The maximum Gasteiger partial charge on any atom is 0.460 e. The number of likely N-dealkylation sites (N-methyl/N-ethyl adjacent to an activating group) is 1. The van der Waals surface area contributed by atoms with Gasteiger partial charge in [-0.3, -0.25) is 0 Å². The first-order valence-electron chi connectivity index (χ1n) is 12.2. The number of sulfonamides is 1. The maximum atomic E-state index is 14.0. The van der Waals surface area contributed by atoms with Gasteiger partial charge in [-0.15, -0.1) is 0 Å². The molecule has 30 heteroatoms. The lowest BCUT2D eigenvalue weighted by Crippen LogP contribution is -2.77. The second-order valence-corrected chi connectivity index (χ2v) is 12.8. The number of alkyl halides is 23. The van der Waals surface area contributed by atoms with Crippen molar-refractivity contribution in [3.8, 4) is 0 Å². The summed E-state index contributed by atoms with van der Waals surface area (Å²) in [6, 6.07) is 0. The third-order valence-electron chi connectivity index (χ3n) is 6.48. The van der Waals surface area contributed by atoms with Crippen LogP contribution in [-0.4, -0.2) is 129 Å². The summed E-state index contributed by atoms with van der Waals surface area (Å²) in [5, 5.41) is 8.70. The summed E-state index contributed by atoms with van der Waals surface area (Å²) in [4.78, 5) is 10.7. The second kappa shape index (κ2) is 13.3. The maximum absolute atomic E-state index is 14.0. The molecule has 0 aromatic rings. The molecule has 0 saturated carbocycles. The molecule has 0 bridgehead atoms. The predicted molar refractivity (Wildman–Crippen MR) is 116 cm³/mol. The highest BCUT2D eigenvalue weighted by Gasteiger charge is 2.98. The Hall–Kier alpha value is -2.27. The molecule has 0 heterocycles. The molecule has 6 nitrogen and oxygen atoms in total. The minimum Gasteiger partial charge on any atom is -0.477 e. The Labute approximate surface area is 263 Å². The van der Waals surface area contributed by atoms with E-state index in [0.29, 0.717) is 0 Å². The zero-order chi connectivity index (χ0) is 41.0. The number of carbonyl (C=O) groups is 1. The highest BCUT2D eigenvalue weighted by Crippen LogP contribution is 2.67. The molecular weight excluding hydrogens is 801 g/mol. The van der Waals surface area contributed by atoms with E-state index in [0.717, 1.165) is 0 Å². The van der Waals surface area contributed by atoms with Gasteiger partial charge in [0, 0.05) is 19.4 Å². The van der Waals surface area contributed by atoms with Crippen LogP contribution in [0, 0.1) is 0 Å². The molecule has 0 aromatic heterocycles. The fourth-order valence-corrected chi connectivity index (χ4v) is 4.58. The molecule has 0 aliphatic carbocycles. The molecule has 0 unspecified atom stereocenters. The molecular formula is C20H20F23N2O4S+. The van der Waals surface area contributed by atoms with Crippen LogP contribution in [0.2, 0.25) is 0 Å². The number of rotatable bonds is 19. The SMILES string of the molecule is C[N+](C)(CCCNS(=O)(=O)CCC(F)(F)C(F)(F)C(F)(F)C(F)(F)C(F)(F)C(F)(F)C(F)(F)C(F)(F)C(F)(F)C(F)(F)C(F)(F)F)CC(=O)O. The Kier molecular flexibility index (Phi) is 12.7. The number of aliphatic carboxylic acids is 1. The number of carboxylic acid groups (broad SMARTS) is 1. The first kappa shape index (κ1) is 47.7. The topological polar surface area (TPSA) is 83.5 Å². The van der Waals surface area contributed by atoms with Crippen LogP contribution < -0.4 is 4.72 Å². The molecule has 0 fully saturated rings. The molecule has 0 atom stereocenters. The predicted octanol–water partition coefficient (Wildman–Crippen LogP) is 6.76. The van der Waals surface area contributed by atoms with Gasteiger partial charge in [-0.05, 0) is 0 Å². The molecule has 2 N–H and O–H groups in total. The molecule has 0 saturated heterocycles. The van der Waals surface area contributed by atoms with E-state index in [2.05, 4.69) is 0 Å². The lowest BCUT2D eigenvalue weighted by molar-refractivity contribution is -0.883. The van der Waals surface area contributed by atoms with Crippen LogP contribution in [0.4, 0.5) is 101 Å². The van der Waals surface area contributed by atoms with Crippen LogP contribution >= 0.6 is 0 Å². The largest absolute Gasteiger partial charge is 0.477 e. The Bertz CT molecular complexity index is 1330. The zero-order valence-corrected chi connectivity index (χ0v) is 24.8. The second-order valence-electron chi connectivity index (χ2n) is 10.9. The van der Waals surface area contributed by atoms with Crippen molar-refractivity contribution in [3.63, 3.8) is 0 Å². The monoisotopic (exact) mass is 821 g/mol. The smallest absolute Gasteiger partial charge is 0.460 e. The van der Waals surface area contributed by atoms with Crippen molar-refractivity contribution < 1.29 is 124 Å². The quantitative estimate of drug-likeness (QED) is 0.0858. The van der Waals surface area contributed by atoms with E-state index in [1.54, 1.807) is 0 Å². The fraction of sp³-hybridized carbons (Fsp3) is 0.950. The molecule has 0 spiro atoms. The van der Waals surface area contributed by atoms with E-state index in [9.17, 15) is 114 Å². The first-order chi connectivity index (χ1) is 21.3. The highest BCUT2D eigenvalue weighted by molar-refractivity contribution is 7.89. The number of nitrogens with zero attached hydrogens (tertiary/aromatic N) is 1. The van der Waals surface area contributed by atoms with E-state index in [1.165, 1.54) is 18.8 Å². The zero-order valence-electron chi connectivity index (χ0n) is 24.0. The molecule has 0 aliphatic rings. The van der Waals surface area contributed by atoms with Crippen molar-refractivity contribution in [2.45, 2.75) is 78.2 Å². The van der Waals surface area contributed by atoms with Crippen LogP contribution in [0.25, 0.3) is 0 Å². The standard InChI is InChI=1S/C20H19F23N2O4S/c1-45(2,8-9(46)47)6-3-5-44-50(48,49)7-4-10(21,22)11(23,24)12(25,26)13(27,28)14(29,30)15(31,32)16(33,34)17(35,36)18(37,38)19(39,40)20(41,42)43/h44H,3-8H2,1-2H3/p+1. The Balaban J connectivity index is 6.56. The van der Waals surface area contributed by atoms with Gasteiger partial charge in [0.1, 0.15) is 0 Å². The Morgan fingerprint density at radius 1 is 0.560 bits per heavy atom. The van der Waals surface area contributed by atoms with Crippen molar-refractivity contribution in [1.82, 2.24) is 4.72 Å². The van der Waals surface area contributed by atoms with E-state index < -0.39 is 107 Å². The van der Waals surface area contributed by atoms with Gasteiger partial charge in [-0.1, -0.05) is 0 Å². The lowest BCUT2D eigenvalue weighted by Gasteiger charge is -2.45. The summed E-state index contributed by atoms with van der Waals surface area (Å²) >= 11 is 0. The van der Waals surface area contributed by atoms with E-state index >= 15 is 0 Å². The lowest BCUT2D eigenvalue weighted by atomic mass is 9.85. The van der Waals surface area contributed by atoms with Gasteiger partial charge in [0.05, 0.1) is 26.4 Å². The molecule has 0 aromatic carbocycles. The van der Waals surface area contributed by atoms with E-state index in [1.807, 2.05) is 0 Å². The Morgan fingerprint density at radius 3 is 1.16 bits per heavy atom. The number of nitrogens with one attached hydrogen (secondary N) is 1. The summed E-state index contributed by atoms with van der Waals surface area (Å²) in [7, 11) is -2.89. The van der Waals surface area contributed by atoms with Gasteiger partial charge in [0.25, 0.3) is 0 Å².